The van der Waals surface area contributed by atoms with Crippen LogP contribution in [0.2, 0.25) is 0 Å². The Kier molecular flexibility index (Phi) is 6.12. The summed E-state index contributed by atoms with van der Waals surface area (Å²) >= 11 is 0. The zero-order valence-corrected chi connectivity index (χ0v) is 15.7. The normalized spacial score (nSPS) is 14.1. The van der Waals surface area contributed by atoms with Crippen molar-refractivity contribution in [3.8, 4) is 17.2 Å². The van der Waals surface area contributed by atoms with Crippen molar-refractivity contribution in [2.75, 3.05) is 21.3 Å². The molecule has 1 aliphatic carbocycles. The number of aryl methyl sites for hydroxylation is 1. The van der Waals surface area contributed by atoms with Gasteiger partial charge in [0.2, 0.25) is 5.75 Å². The number of ether oxygens (including phenoxy) is 4. The van der Waals surface area contributed by atoms with Crippen LogP contribution in [0.3, 0.4) is 0 Å². The van der Waals surface area contributed by atoms with E-state index in [-0.39, 0.29) is 0 Å². The standard InChI is InChI=1S/C20H26O5/c1-12(2)14-9-7-8-10-16(14)25-20(21)15-11-13(3)17(22-4)19(24-6)18(15)23-5/h11H,1,7-10H2,2-6H3. The van der Waals surface area contributed by atoms with E-state index in [1.54, 1.807) is 13.2 Å². The molecule has 0 heterocycles. The maximum atomic E-state index is 12.8. The third-order valence-electron chi connectivity index (χ3n) is 4.36. The number of hydrogen-bond acceptors (Lipinski definition) is 5. The van der Waals surface area contributed by atoms with Crippen LogP contribution in [0, 0.1) is 6.92 Å². The fourth-order valence-corrected chi connectivity index (χ4v) is 3.15. The Labute approximate surface area is 149 Å². The van der Waals surface area contributed by atoms with Crippen LogP contribution in [0.4, 0.5) is 0 Å². The van der Waals surface area contributed by atoms with Crippen LogP contribution in [0.15, 0.2) is 29.6 Å². The molecule has 0 bridgehead atoms. The molecule has 0 aromatic heterocycles. The van der Waals surface area contributed by atoms with Crippen molar-refractivity contribution in [1.29, 1.82) is 0 Å². The molecule has 0 saturated carbocycles. The van der Waals surface area contributed by atoms with Gasteiger partial charge in [0.05, 0.1) is 21.3 Å². The van der Waals surface area contributed by atoms with Crippen molar-refractivity contribution in [2.24, 2.45) is 0 Å². The van der Waals surface area contributed by atoms with Crippen molar-refractivity contribution in [2.45, 2.75) is 39.5 Å². The number of benzene rings is 1. The summed E-state index contributed by atoms with van der Waals surface area (Å²) in [5.74, 6) is 1.48. The molecule has 0 N–H and O–H groups in total. The molecule has 0 fully saturated rings. The van der Waals surface area contributed by atoms with E-state index in [4.69, 9.17) is 18.9 Å². The summed E-state index contributed by atoms with van der Waals surface area (Å²) in [5.41, 5.74) is 3.07. The van der Waals surface area contributed by atoms with Gasteiger partial charge in [0.15, 0.2) is 11.5 Å². The lowest BCUT2D eigenvalue weighted by atomic mass is 9.93. The topological polar surface area (TPSA) is 54.0 Å². The number of esters is 1. The first-order valence-electron chi connectivity index (χ1n) is 8.34. The molecule has 0 spiro atoms. The number of hydrogen-bond donors (Lipinski definition) is 0. The molecule has 1 aromatic carbocycles. The van der Waals surface area contributed by atoms with Crippen LogP contribution in [-0.2, 0) is 4.74 Å². The average molecular weight is 346 g/mol. The highest BCUT2D eigenvalue weighted by Gasteiger charge is 2.26. The number of rotatable bonds is 6. The molecule has 5 nitrogen and oxygen atoms in total. The van der Waals surface area contributed by atoms with E-state index in [0.717, 1.165) is 42.4 Å². The maximum Gasteiger partial charge on any atom is 0.347 e. The molecule has 2 rings (SSSR count). The van der Waals surface area contributed by atoms with Crippen LogP contribution in [-0.4, -0.2) is 27.3 Å². The lowest BCUT2D eigenvalue weighted by Gasteiger charge is -2.21. The van der Waals surface area contributed by atoms with Crippen molar-refractivity contribution in [3.63, 3.8) is 0 Å². The van der Waals surface area contributed by atoms with Crippen molar-refractivity contribution in [3.05, 3.63) is 40.7 Å². The molecular formula is C20H26O5. The fraction of sp³-hybridized carbons (Fsp3) is 0.450. The van der Waals surface area contributed by atoms with E-state index in [1.165, 1.54) is 14.2 Å². The predicted molar refractivity (Wildman–Crippen MR) is 96.6 cm³/mol. The molecule has 1 aliphatic rings. The van der Waals surface area contributed by atoms with Gasteiger partial charge >= 0.3 is 5.97 Å². The zero-order valence-electron chi connectivity index (χ0n) is 15.7. The SMILES string of the molecule is C=C(C)C1=C(OC(=O)c2cc(C)c(OC)c(OC)c2OC)CCCC1. The lowest BCUT2D eigenvalue weighted by Crippen LogP contribution is -2.12. The third-order valence-corrected chi connectivity index (χ3v) is 4.36. The van der Waals surface area contributed by atoms with Gasteiger partial charge < -0.3 is 18.9 Å². The Morgan fingerprint density at radius 2 is 1.60 bits per heavy atom. The zero-order chi connectivity index (χ0) is 18.6. The maximum absolute atomic E-state index is 12.8. The molecule has 25 heavy (non-hydrogen) atoms. The second-order valence-corrected chi connectivity index (χ2v) is 6.12. The Bertz CT molecular complexity index is 715. The second-order valence-electron chi connectivity index (χ2n) is 6.12. The number of carbonyl (C=O) groups is 1. The Hall–Kier alpha value is -2.43. The molecule has 0 saturated heterocycles. The number of carbonyl (C=O) groups excluding carboxylic acids is 1. The minimum atomic E-state index is -0.462. The van der Waals surface area contributed by atoms with E-state index in [1.807, 2.05) is 13.8 Å². The first kappa shape index (κ1) is 18.9. The van der Waals surface area contributed by atoms with Crippen LogP contribution in [0.5, 0.6) is 17.2 Å². The molecule has 0 radical (unpaired) electrons. The number of allylic oxidation sites excluding steroid dienone is 3. The monoisotopic (exact) mass is 346 g/mol. The van der Waals surface area contributed by atoms with E-state index in [2.05, 4.69) is 6.58 Å². The van der Waals surface area contributed by atoms with Crippen LogP contribution < -0.4 is 14.2 Å². The van der Waals surface area contributed by atoms with Crippen molar-refractivity contribution >= 4 is 5.97 Å². The highest BCUT2D eigenvalue weighted by atomic mass is 16.5. The van der Waals surface area contributed by atoms with Gasteiger partial charge in [-0.2, -0.15) is 0 Å². The summed E-state index contributed by atoms with van der Waals surface area (Å²) in [5, 5.41) is 0. The van der Waals surface area contributed by atoms with Gasteiger partial charge in [-0.05, 0) is 50.3 Å². The molecule has 1 aromatic rings. The van der Waals surface area contributed by atoms with Crippen LogP contribution in [0.1, 0.15) is 48.5 Å². The Morgan fingerprint density at radius 1 is 1.00 bits per heavy atom. The Morgan fingerprint density at radius 3 is 2.16 bits per heavy atom. The molecule has 5 heteroatoms. The van der Waals surface area contributed by atoms with Gasteiger partial charge in [0.1, 0.15) is 11.3 Å². The number of methoxy groups -OCH3 is 3. The Balaban J connectivity index is 2.46. The molecule has 0 atom stereocenters. The van der Waals surface area contributed by atoms with Gasteiger partial charge in [0, 0.05) is 6.42 Å². The van der Waals surface area contributed by atoms with Crippen molar-refractivity contribution in [1.82, 2.24) is 0 Å². The highest BCUT2D eigenvalue weighted by Crippen LogP contribution is 2.43. The smallest absolute Gasteiger partial charge is 0.347 e. The molecular weight excluding hydrogens is 320 g/mol. The van der Waals surface area contributed by atoms with E-state index >= 15 is 0 Å². The molecule has 0 amide bonds. The minimum absolute atomic E-state index is 0.309. The van der Waals surface area contributed by atoms with Gasteiger partial charge in [-0.3, -0.25) is 0 Å². The summed E-state index contributed by atoms with van der Waals surface area (Å²) in [6, 6.07) is 1.70. The lowest BCUT2D eigenvalue weighted by molar-refractivity contribution is 0.0600. The summed E-state index contributed by atoms with van der Waals surface area (Å²) < 4.78 is 21.9. The van der Waals surface area contributed by atoms with Gasteiger partial charge in [-0.15, -0.1) is 0 Å². The fourth-order valence-electron chi connectivity index (χ4n) is 3.15. The first-order chi connectivity index (χ1) is 11.9. The minimum Gasteiger partial charge on any atom is -0.492 e. The quantitative estimate of drug-likeness (QED) is 0.706. The molecule has 0 unspecified atom stereocenters. The van der Waals surface area contributed by atoms with Crippen LogP contribution in [0.25, 0.3) is 0 Å². The summed E-state index contributed by atoms with van der Waals surface area (Å²) in [6.45, 7) is 7.78. The van der Waals surface area contributed by atoms with Gasteiger partial charge in [-0.25, -0.2) is 4.79 Å². The van der Waals surface area contributed by atoms with Gasteiger partial charge in [-0.1, -0.05) is 12.2 Å². The third kappa shape index (κ3) is 3.81. The summed E-state index contributed by atoms with van der Waals surface area (Å²) in [4.78, 5) is 12.8. The summed E-state index contributed by atoms with van der Waals surface area (Å²) in [6.07, 6.45) is 3.71. The van der Waals surface area contributed by atoms with E-state index in [9.17, 15) is 4.79 Å². The second kappa shape index (κ2) is 8.10. The highest BCUT2D eigenvalue weighted by molar-refractivity contribution is 5.95. The summed E-state index contributed by atoms with van der Waals surface area (Å²) in [7, 11) is 4.55. The van der Waals surface area contributed by atoms with E-state index < -0.39 is 5.97 Å². The predicted octanol–water partition coefficient (Wildman–Crippen LogP) is 4.58. The average Bonchev–Trinajstić information content (AvgIpc) is 2.60. The van der Waals surface area contributed by atoms with Crippen molar-refractivity contribution < 1.29 is 23.7 Å². The molecule has 136 valence electrons. The first-order valence-corrected chi connectivity index (χ1v) is 8.34. The van der Waals surface area contributed by atoms with Crippen LogP contribution >= 0.6 is 0 Å². The largest absolute Gasteiger partial charge is 0.492 e. The van der Waals surface area contributed by atoms with E-state index in [0.29, 0.717) is 28.6 Å². The molecule has 0 aliphatic heterocycles. The van der Waals surface area contributed by atoms with Gasteiger partial charge in [0.25, 0.3) is 0 Å².